The number of carbonyl (C=O) groups is 2. The van der Waals surface area contributed by atoms with Gasteiger partial charge in [-0.25, -0.2) is 8.78 Å². The molecule has 7 heteroatoms. The van der Waals surface area contributed by atoms with Crippen LogP contribution in [0.4, 0.5) is 8.78 Å². The van der Waals surface area contributed by atoms with Crippen molar-refractivity contribution >= 4 is 11.9 Å². The number of ether oxygens (including phenoxy) is 2. The van der Waals surface area contributed by atoms with E-state index in [0.717, 1.165) is 22.8 Å². The van der Waals surface area contributed by atoms with Crippen LogP contribution < -0.4 is 0 Å². The van der Waals surface area contributed by atoms with Gasteiger partial charge >= 0.3 is 11.9 Å². The predicted molar refractivity (Wildman–Crippen MR) is 123 cm³/mol. The first kappa shape index (κ1) is 26.4. The highest BCUT2D eigenvalue weighted by Gasteiger charge is 2.25. The van der Waals surface area contributed by atoms with Gasteiger partial charge in [0.1, 0.15) is 5.60 Å². The lowest BCUT2D eigenvalue weighted by Crippen LogP contribution is -2.23. The van der Waals surface area contributed by atoms with Crippen molar-refractivity contribution in [2.75, 3.05) is 6.61 Å². The van der Waals surface area contributed by atoms with Crippen LogP contribution in [-0.2, 0) is 19.1 Å². The van der Waals surface area contributed by atoms with Crippen LogP contribution in [0.1, 0.15) is 76.0 Å². The van der Waals surface area contributed by atoms with Crippen LogP contribution in [0.25, 0.3) is 11.1 Å². The summed E-state index contributed by atoms with van der Waals surface area (Å²) in [6, 6.07) is 2.75. The van der Waals surface area contributed by atoms with Crippen LogP contribution in [0.5, 0.6) is 0 Å². The average Bonchev–Trinajstić information content (AvgIpc) is 2.68. The van der Waals surface area contributed by atoms with Crippen molar-refractivity contribution in [3.8, 4) is 11.1 Å². The fraction of sp³-hybridized carbons (Fsp3) is 0.500. The van der Waals surface area contributed by atoms with Crippen LogP contribution in [0.15, 0.2) is 24.5 Å². The average molecular weight is 462 g/mol. The minimum Gasteiger partial charge on any atom is -0.466 e. The van der Waals surface area contributed by atoms with Crippen LogP contribution in [0.2, 0.25) is 0 Å². The van der Waals surface area contributed by atoms with E-state index in [9.17, 15) is 18.4 Å². The Kier molecular flexibility index (Phi) is 9.08. The second kappa shape index (κ2) is 11.3. The van der Waals surface area contributed by atoms with Crippen LogP contribution in [0, 0.1) is 25.5 Å². The first-order chi connectivity index (χ1) is 15.4. The number of benzene rings is 1. The van der Waals surface area contributed by atoms with Crippen molar-refractivity contribution in [3.05, 3.63) is 52.9 Å². The molecule has 1 atom stereocenters. The van der Waals surface area contributed by atoms with Gasteiger partial charge in [0, 0.05) is 18.8 Å². The highest BCUT2D eigenvalue weighted by Crippen LogP contribution is 2.35. The lowest BCUT2D eigenvalue weighted by molar-refractivity contribution is -0.154. The van der Waals surface area contributed by atoms with Crippen molar-refractivity contribution < 1.29 is 27.8 Å². The zero-order valence-electron chi connectivity index (χ0n) is 20.3. The van der Waals surface area contributed by atoms with E-state index in [2.05, 4.69) is 4.98 Å². The van der Waals surface area contributed by atoms with Gasteiger partial charge in [-0.1, -0.05) is 0 Å². The maximum atomic E-state index is 15.0. The summed E-state index contributed by atoms with van der Waals surface area (Å²) >= 11 is 0. The molecule has 0 aliphatic heterocycles. The molecule has 0 saturated carbocycles. The van der Waals surface area contributed by atoms with Crippen molar-refractivity contribution in [1.29, 1.82) is 0 Å². The molecule has 1 aromatic heterocycles. The predicted octanol–water partition coefficient (Wildman–Crippen LogP) is 6.19. The second-order valence-electron chi connectivity index (χ2n) is 9.19. The highest BCUT2D eigenvalue weighted by atomic mass is 19.2. The molecular weight excluding hydrogens is 428 g/mol. The summed E-state index contributed by atoms with van der Waals surface area (Å²) in [5, 5.41) is 0. The van der Waals surface area contributed by atoms with E-state index >= 15 is 0 Å². The third kappa shape index (κ3) is 7.62. The number of hydrogen-bond acceptors (Lipinski definition) is 5. The van der Waals surface area contributed by atoms with Gasteiger partial charge in [-0.05, 0) is 100 Å². The minimum atomic E-state index is -0.991. The molecule has 0 aliphatic rings. The number of halogens is 2. The summed E-state index contributed by atoms with van der Waals surface area (Å²) in [6.07, 6.45) is 3.99. The largest absolute Gasteiger partial charge is 0.466 e. The van der Waals surface area contributed by atoms with Crippen molar-refractivity contribution in [2.45, 2.75) is 78.7 Å². The lowest BCUT2D eigenvalue weighted by atomic mass is 9.87. The number of rotatable bonds is 9. The Morgan fingerprint density at radius 1 is 1.06 bits per heavy atom. The molecule has 0 saturated heterocycles. The van der Waals surface area contributed by atoms with Gasteiger partial charge in [0.15, 0.2) is 11.6 Å². The van der Waals surface area contributed by atoms with E-state index in [-0.39, 0.29) is 31.0 Å². The molecule has 1 heterocycles. The van der Waals surface area contributed by atoms with Crippen LogP contribution >= 0.6 is 0 Å². The van der Waals surface area contributed by atoms with E-state index in [1.807, 2.05) is 13.8 Å². The van der Waals surface area contributed by atoms with E-state index in [1.54, 1.807) is 46.2 Å². The number of aryl methyl sites for hydroxylation is 2. The van der Waals surface area contributed by atoms with Crippen LogP contribution in [-0.4, -0.2) is 29.1 Å². The minimum absolute atomic E-state index is 0.0952. The zero-order chi connectivity index (χ0) is 24.8. The Balaban J connectivity index is 2.38. The van der Waals surface area contributed by atoms with Gasteiger partial charge in [0.2, 0.25) is 0 Å². The molecule has 33 heavy (non-hydrogen) atoms. The van der Waals surface area contributed by atoms with E-state index in [4.69, 9.17) is 9.47 Å². The summed E-state index contributed by atoms with van der Waals surface area (Å²) in [4.78, 5) is 28.5. The highest BCUT2D eigenvalue weighted by molar-refractivity contribution is 5.73. The van der Waals surface area contributed by atoms with Crippen molar-refractivity contribution in [1.82, 2.24) is 4.98 Å². The Morgan fingerprint density at radius 2 is 1.70 bits per heavy atom. The first-order valence-electron chi connectivity index (χ1n) is 11.2. The fourth-order valence-electron chi connectivity index (χ4n) is 3.88. The topological polar surface area (TPSA) is 65.5 Å². The molecule has 0 fully saturated rings. The second-order valence-corrected chi connectivity index (χ2v) is 9.19. The molecule has 1 aromatic carbocycles. The van der Waals surface area contributed by atoms with E-state index in [1.165, 1.54) is 0 Å². The molecule has 2 aromatic rings. The maximum absolute atomic E-state index is 15.0. The number of nitrogens with zero attached hydrogens (tertiary/aromatic N) is 1. The first-order valence-corrected chi connectivity index (χ1v) is 11.2. The molecule has 180 valence electrons. The molecule has 2 rings (SSSR count). The van der Waals surface area contributed by atoms with Gasteiger partial charge in [0.25, 0.3) is 0 Å². The van der Waals surface area contributed by atoms with Crippen molar-refractivity contribution in [3.63, 3.8) is 0 Å². The Hall–Kier alpha value is -2.83. The number of pyridine rings is 1. The van der Waals surface area contributed by atoms with Gasteiger partial charge < -0.3 is 9.47 Å². The summed E-state index contributed by atoms with van der Waals surface area (Å²) < 4.78 is 40.0. The molecular formula is C26H33F2NO4. The third-order valence-electron chi connectivity index (χ3n) is 5.18. The molecule has 0 spiro atoms. The number of carbonyl (C=O) groups excluding carboxylic acids is 2. The number of esters is 2. The third-order valence-corrected chi connectivity index (χ3v) is 5.18. The molecule has 0 bridgehead atoms. The van der Waals surface area contributed by atoms with Crippen LogP contribution in [0.3, 0.4) is 0 Å². The number of aromatic nitrogens is 1. The molecule has 0 aliphatic carbocycles. The van der Waals surface area contributed by atoms with E-state index in [0.29, 0.717) is 18.4 Å². The Labute approximate surface area is 194 Å². The fourth-order valence-corrected chi connectivity index (χ4v) is 3.88. The van der Waals surface area contributed by atoms with Gasteiger partial charge in [0.05, 0.1) is 13.0 Å². The maximum Gasteiger partial charge on any atom is 0.306 e. The molecule has 0 amide bonds. The molecule has 0 radical (unpaired) electrons. The SMILES string of the molecule is CCOC(=O)C[C@H](CCCC(=O)OC(C)(C)C)c1cc(-c2c(C)cncc2C)cc(F)c1F. The Bertz CT molecular complexity index is 978. The van der Waals surface area contributed by atoms with Crippen molar-refractivity contribution in [2.24, 2.45) is 0 Å². The van der Waals surface area contributed by atoms with E-state index < -0.39 is 29.1 Å². The molecule has 0 unspecified atom stereocenters. The Morgan fingerprint density at radius 3 is 2.27 bits per heavy atom. The quantitative estimate of drug-likeness (QED) is 0.417. The summed E-state index contributed by atoms with van der Waals surface area (Å²) in [5.41, 5.74) is 2.44. The van der Waals surface area contributed by atoms with Gasteiger partial charge in [-0.3, -0.25) is 14.6 Å². The lowest BCUT2D eigenvalue weighted by Gasteiger charge is -2.21. The summed E-state index contributed by atoms with van der Waals surface area (Å²) in [6.45, 7) is 10.9. The molecule has 0 N–H and O–H groups in total. The normalized spacial score (nSPS) is 12.4. The van der Waals surface area contributed by atoms with Gasteiger partial charge in [-0.2, -0.15) is 0 Å². The smallest absolute Gasteiger partial charge is 0.306 e. The monoisotopic (exact) mass is 461 g/mol. The number of hydrogen-bond donors (Lipinski definition) is 0. The molecule has 5 nitrogen and oxygen atoms in total. The standard InChI is InChI=1S/C26H33F2NO4/c1-7-32-23(31)13-18(9-8-10-22(30)33-26(4,5)6)20-11-19(12-21(27)25(20)28)24-16(2)14-29-15-17(24)3/h11-12,14-15,18H,7-10,13H2,1-6H3/t18-/m0/s1. The van der Waals surface area contributed by atoms with Gasteiger partial charge in [-0.15, -0.1) is 0 Å². The summed E-state index contributed by atoms with van der Waals surface area (Å²) in [7, 11) is 0. The summed E-state index contributed by atoms with van der Waals surface area (Å²) in [5.74, 6) is -3.50. The zero-order valence-corrected chi connectivity index (χ0v) is 20.3.